The summed E-state index contributed by atoms with van der Waals surface area (Å²) in [5.41, 5.74) is 6.17. The van der Waals surface area contributed by atoms with Crippen LogP contribution in [0.25, 0.3) is 0 Å². The van der Waals surface area contributed by atoms with Gasteiger partial charge in [-0.2, -0.15) is 0 Å². The van der Waals surface area contributed by atoms with Crippen LogP contribution in [0.4, 0.5) is 10.5 Å². The van der Waals surface area contributed by atoms with Crippen LogP contribution in [0.15, 0.2) is 22.7 Å². The van der Waals surface area contributed by atoms with E-state index in [1.165, 1.54) is 12.1 Å². The van der Waals surface area contributed by atoms with Gasteiger partial charge in [0.1, 0.15) is 0 Å². The molecule has 0 spiro atoms. The van der Waals surface area contributed by atoms with Crippen molar-refractivity contribution in [2.24, 2.45) is 11.7 Å². The zero-order chi connectivity index (χ0) is 14.7. The topological polar surface area (TPSA) is 95.7 Å². The van der Waals surface area contributed by atoms with E-state index < -0.39 is 5.97 Å². The van der Waals surface area contributed by atoms with Crippen LogP contribution in [0.5, 0.6) is 0 Å². The van der Waals surface area contributed by atoms with Crippen molar-refractivity contribution >= 4 is 33.6 Å². The third-order valence-corrected chi connectivity index (χ3v) is 3.76. The number of nitrogens with two attached hydrogens (primary N) is 1. The van der Waals surface area contributed by atoms with Crippen LogP contribution in [0, 0.1) is 5.92 Å². The average Bonchev–Trinajstić information content (AvgIpc) is 2.86. The fourth-order valence-corrected chi connectivity index (χ4v) is 2.69. The maximum Gasteiger partial charge on any atom is 0.335 e. The van der Waals surface area contributed by atoms with Gasteiger partial charge < -0.3 is 21.1 Å². The number of aromatic carboxylic acids is 1. The summed E-state index contributed by atoms with van der Waals surface area (Å²) in [6.45, 7) is 1.89. The van der Waals surface area contributed by atoms with Gasteiger partial charge in [0, 0.05) is 23.2 Å². The summed E-state index contributed by atoms with van der Waals surface area (Å²) in [6, 6.07) is 4.36. The van der Waals surface area contributed by atoms with Crippen LogP contribution in [-0.4, -0.2) is 41.6 Å². The molecule has 0 aliphatic carbocycles. The number of carbonyl (C=O) groups excluding carboxylic acids is 1. The number of nitrogens with zero attached hydrogens (tertiary/aromatic N) is 1. The highest BCUT2D eigenvalue weighted by atomic mass is 79.9. The molecular formula is C13H16BrN3O3. The van der Waals surface area contributed by atoms with Gasteiger partial charge in [-0.25, -0.2) is 9.59 Å². The number of likely N-dealkylation sites (tertiary alicyclic amines) is 1. The molecule has 1 aliphatic heterocycles. The Balaban J connectivity index is 2.06. The molecule has 1 aromatic rings. The molecule has 0 aromatic heterocycles. The van der Waals surface area contributed by atoms with Crippen LogP contribution >= 0.6 is 15.9 Å². The summed E-state index contributed by atoms with van der Waals surface area (Å²) in [6.07, 6.45) is 0.906. The van der Waals surface area contributed by atoms with Gasteiger partial charge in [-0.05, 0) is 37.1 Å². The van der Waals surface area contributed by atoms with Gasteiger partial charge in [0.25, 0.3) is 0 Å². The van der Waals surface area contributed by atoms with E-state index in [0.29, 0.717) is 35.7 Å². The Kier molecular flexibility index (Phi) is 4.61. The molecule has 2 amide bonds. The first-order valence-electron chi connectivity index (χ1n) is 6.29. The molecule has 108 valence electrons. The molecule has 1 aliphatic rings. The first kappa shape index (κ1) is 14.8. The smallest absolute Gasteiger partial charge is 0.335 e. The van der Waals surface area contributed by atoms with Gasteiger partial charge in [0.15, 0.2) is 0 Å². The molecule has 0 radical (unpaired) electrons. The van der Waals surface area contributed by atoms with E-state index in [1.54, 1.807) is 11.0 Å². The third kappa shape index (κ3) is 3.49. The summed E-state index contributed by atoms with van der Waals surface area (Å²) in [7, 11) is 0. The minimum atomic E-state index is -1.04. The SMILES string of the molecule is NCC1CCN(C(=O)Nc2cc(Br)cc(C(=O)O)c2)C1. The molecule has 1 saturated heterocycles. The Hall–Kier alpha value is -1.60. The number of carbonyl (C=O) groups is 2. The maximum atomic E-state index is 12.1. The zero-order valence-corrected chi connectivity index (χ0v) is 12.4. The lowest BCUT2D eigenvalue weighted by Gasteiger charge is -2.17. The largest absolute Gasteiger partial charge is 0.478 e. The number of hydrogen-bond donors (Lipinski definition) is 3. The van der Waals surface area contributed by atoms with Crippen LogP contribution in [0.3, 0.4) is 0 Å². The van der Waals surface area contributed by atoms with Gasteiger partial charge in [-0.15, -0.1) is 0 Å². The lowest BCUT2D eigenvalue weighted by Crippen LogP contribution is -2.33. The maximum absolute atomic E-state index is 12.1. The average molecular weight is 342 g/mol. The predicted octanol–water partition coefficient (Wildman–Crippen LogP) is 1.96. The van der Waals surface area contributed by atoms with E-state index in [0.717, 1.165) is 6.42 Å². The molecule has 20 heavy (non-hydrogen) atoms. The highest BCUT2D eigenvalue weighted by Gasteiger charge is 2.25. The Morgan fingerprint density at radius 2 is 2.20 bits per heavy atom. The fraction of sp³-hybridized carbons (Fsp3) is 0.385. The zero-order valence-electron chi connectivity index (χ0n) is 10.8. The Morgan fingerprint density at radius 1 is 1.45 bits per heavy atom. The standard InChI is InChI=1S/C13H16BrN3O3/c14-10-3-9(12(18)19)4-11(5-10)16-13(20)17-2-1-8(6-15)7-17/h3-5,8H,1-2,6-7,15H2,(H,16,20)(H,18,19). The molecular weight excluding hydrogens is 326 g/mol. The normalized spacial score (nSPS) is 18.1. The van der Waals surface area contributed by atoms with Crippen molar-refractivity contribution in [2.45, 2.75) is 6.42 Å². The lowest BCUT2D eigenvalue weighted by molar-refractivity contribution is 0.0697. The van der Waals surface area contributed by atoms with E-state index in [9.17, 15) is 9.59 Å². The van der Waals surface area contributed by atoms with E-state index >= 15 is 0 Å². The number of hydrogen-bond acceptors (Lipinski definition) is 3. The van der Waals surface area contributed by atoms with Gasteiger partial charge in [0.2, 0.25) is 0 Å². The van der Waals surface area contributed by atoms with Crippen molar-refractivity contribution in [2.75, 3.05) is 25.0 Å². The number of urea groups is 1. The minimum Gasteiger partial charge on any atom is -0.478 e. The lowest BCUT2D eigenvalue weighted by atomic mass is 10.1. The quantitative estimate of drug-likeness (QED) is 0.782. The minimum absolute atomic E-state index is 0.121. The van der Waals surface area contributed by atoms with E-state index in [1.807, 2.05) is 0 Å². The molecule has 6 nitrogen and oxygen atoms in total. The summed E-state index contributed by atoms with van der Waals surface area (Å²) < 4.78 is 0.606. The number of benzene rings is 1. The Labute approximate surface area is 125 Å². The first-order chi connectivity index (χ1) is 9.49. The van der Waals surface area contributed by atoms with E-state index in [-0.39, 0.29) is 11.6 Å². The van der Waals surface area contributed by atoms with E-state index in [2.05, 4.69) is 21.2 Å². The second-order valence-corrected chi connectivity index (χ2v) is 5.72. The third-order valence-electron chi connectivity index (χ3n) is 3.30. The van der Waals surface area contributed by atoms with Crippen molar-refractivity contribution in [3.05, 3.63) is 28.2 Å². The fourth-order valence-electron chi connectivity index (χ4n) is 2.20. The van der Waals surface area contributed by atoms with Crippen molar-refractivity contribution in [3.63, 3.8) is 0 Å². The molecule has 0 bridgehead atoms. The molecule has 0 saturated carbocycles. The number of amides is 2. The summed E-state index contributed by atoms with van der Waals surface area (Å²) in [5, 5.41) is 11.7. The molecule has 1 unspecified atom stereocenters. The second-order valence-electron chi connectivity index (χ2n) is 4.80. The van der Waals surface area contributed by atoms with Gasteiger partial charge >= 0.3 is 12.0 Å². The number of halogens is 1. The monoisotopic (exact) mass is 341 g/mol. The summed E-state index contributed by atoms with van der Waals surface area (Å²) >= 11 is 3.23. The van der Waals surface area contributed by atoms with Crippen molar-refractivity contribution in [3.8, 4) is 0 Å². The summed E-state index contributed by atoms with van der Waals surface area (Å²) in [4.78, 5) is 24.7. The van der Waals surface area contributed by atoms with Gasteiger partial charge in [-0.1, -0.05) is 15.9 Å². The van der Waals surface area contributed by atoms with Gasteiger partial charge in [-0.3, -0.25) is 0 Å². The van der Waals surface area contributed by atoms with Crippen molar-refractivity contribution in [1.82, 2.24) is 4.90 Å². The number of carboxylic acids is 1. The van der Waals surface area contributed by atoms with Crippen LogP contribution < -0.4 is 11.1 Å². The molecule has 1 fully saturated rings. The molecule has 1 heterocycles. The van der Waals surface area contributed by atoms with Crippen molar-refractivity contribution in [1.29, 1.82) is 0 Å². The first-order valence-corrected chi connectivity index (χ1v) is 7.08. The Morgan fingerprint density at radius 3 is 2.80 bits per heavy atom. The molecule has 1 aromatic carbocycles. The highest BCUT2D eigenvalue weighted by Crippen LogP contribution is 2.21. The van der Waals surface area contributed by atoms with Crippen LogP contribution in [-0.2, 0) is 0 Å². The molecule has 7 heteroatoms. The second kappa shape index (κ2) is 6.23. The van der Waals surface area contributed by atoms with Crippen LogP contribution in [0.1, 0.15) is 16.8 Å². The number of nitrogens with one attached hydrogen (secondary N) is 1. The predicted molar refractivity (Wildman–Crippen MR) is 78.9 cm³/mol. The highest BCUT2D eigenvalue weighted by molar-refractivity contribution is 9.10. The van der Waals surface area contributed by atoms with Gasteiger partial charge in [0.05, 0.1) is 5.56 Å². The van der Waals surface area contributed by atoms with Crippen LogP contribution in [0.2, 0.25) is 0 Å². The summed E-state index contributed by atoms with van der Waals surface area (Å²) in [5.74, 6) is -0.691. The molecule has 2 rings (SSSR count). The number of carboxylic acid groups (broad SMARTS) is 1. The Bertz CT molecular complexity index is 536. The number of anilines is 1. The molecule has 1 atom stereocenters. The number of rotatable bonds is 3. The molecule has 4 N–H and O–H groups in total. The van der Waals surface area contributed by atoms with Crippen molar-refractivity contribution < 1.29 is 14.7 Å². The van der Waals surface area contributed by atoms with E-state index in [4.69, 9.17) is 10.8 Å².